The van der Waals surface area contributed by atoms with Gasteiger partial charge in [-0.25, -0.2) is 4.79 Å². The summed E-state index contributed by atoms with van der Waals surface area (Å²) in [4.78, 5) is 114. The number of unbranched alkanes of at least 4 members (excludes halogenated alkanes) is 1. The Labute approximate surface area is 399 Å². The van der Waals surface area contributed by atoms with Crippen LogP contribution in [0.15, 0.2) is 0 Å². The molecule has 0 aromatic carbocycles. The van der Waals surface area contributed by atoms with Crippen molar-refractivity contribution in [3.05, 3.63) is 0 Å². The third-order valence-electron chi connectivity index (χ3n) is 10.9. The standard InChI is InChI=1S/C41H70N10O14S2/c1-43-39(59)30-6-5-14-51(30)40(60)28(22-52)48-37(57)26(9-10-32(42)53)47-38(58)27(11-21-66-2)46-35(56)24-65-20-18-63-16-13-45-34(55)23-64-19-17-62-15-12-44-33(54)8-4-3-7-31-36-29(25-67-31)49-41(61)50-36/h26-31,36,52H,3-25H2,1-2H3,(H2,42,53)(H,43,59)(H,44,54)(H,45,55)(H,46,56)(H,47,58)(H,48,57)(H2,49,50,61)/t26-,27-,28-,29-,30-,31-,36-/m0/s1. The van der Waals surface area contributed by atoms with E-state index in [1.165, 1.54) is 23.7 Å². The second-order valence-corrected chi connectivity index (χ2v) is 18.2. The van der Waals surface area contributed by atoms with E-state index in [1.807, 2.05) is 11.8 Å². The maximum absolute atomic E-state index is 13.4. The summed E-state index contributed by atoms with van der Waals surface area (Å²) in [6.07, 6.45) is 5.47. The quantitative estimate of drug-likeness (QED) is 0.0215. The average Bonchev–Trinajstić information content (AvgIpc) is 4.05. The van der Waals surface area contributed by atoms with E-state index in [0.717, 1.165) is 25.0 Å². The highest BCUT2D eigenvalue weighted by atomic mass is 32.2. The Morgan fingerprint density at radius 2 is 1.43 bits per heavy atom. The lowest BCUT2D eigenvalue weighted by Crippen LogP contribution is -2.59. The normalized spacial score (nSPS) is 19.8. The van der Waals surface area contributed by atoms with Gasteiger partial charge >= 0.3 is 6.03 Å². The number of carbonyl (C=O) groups is 9. The van der Waals surface area contributed by atoms with Crippen molar-refractivity contribution in [2.45, 2.75) is 99.3 Å². The van der Waals surface area contributed by atoms with Gasteiger partial charge in [-0.2, -0.15) is 23.5 Å². The molecule has 3 aliphatic heterocycles. The smallest absolute Gasteiger partial charge is 0.315 e. The molecule has 67 heavy (non-hydrogen) atoms. The average molecular weight is 991 g/mol. The molecule has 0 aromatic rings. The van der Waals surface area contributed by atoms with Crippen molar-refractivity contribution in [3.63, 3.8) is 0 Å². The highest BCUT2D eigenvalue weighted by Gasteiger charge is 2.42. The van der Waals surface area contributed by atoms with Crippen LogP contribution in [-0.2, 0) is 57.3 Å². The summed E-state index contributed by atoms with van der Waals surface area (Å²) in [5.74, 6) is -3.07. The molecule has 0 radical (unpaired) electrons. The van der Waals surface area contributed by atoms with Crippen molar-refractivity contribution >= 4 is 76.8 Å². The summed E-state index contributed by atoms with van der Waals surface area (Å²) < 4.78 is 21.6. The van der Waals surface area contributed by atoms with Gasteiger partial charge in [0.1, 0.15) is 37.4 Å². The zero-order chi connectivity index (χ0) is 49.0. The number of fused-ring (bicyclic) bond motifs is 1. The third kappa shape index (κ3) is 21.6. The second-order valence-electron chi connectivity index (χ2n) is 15.9. The van der Waals surface area contributed by atoms with Gasteiger partial charge in [-0.05, 0) is 50.5 Å². The first-order valence-corrected chi connectivity index (χ1v) is 25.0. The maximum Gasteiger partial charge on any atom is 0.315 e. The van der Waals surface area contributed by atoms with E-state index < -0.39 is 66.9 Å². The minimum atomic E-state index is -1.43. The fourth-order valence-electron chi connectivity index (χ4n) is 7.40. The summed E-state index contributed by atoms with van der Waals surface area (Å²) >= 11 is 3.28. The van der Waals surface area contributed by atoms with Crippen LogP contribution in [0.3, 0.4) is 0 Å². The molecule has 3 saturated heterocycles. The fourth-order valence-corrected chi connectivity index (χ4v) is 9.42. The van der Waals surface area contributed by atoms with Crippen LogP contribution < -0.4 is 48.3 Å². The molecule has 3 aliphatic rings. The Morgan fingerprint density at radius 3 is 2.07 bits per heavy atom. The topological polar surface area (TPSA) is 336 Å². The van der Waals surface area contributed by atoms with Gasteiger partial charge in [0.15, 0.2) is 0 Å². The fraction of sp³-hybridized carbons (Fsp3) is 0.780. The third-order valence-corrected chi connectivity index (χ3v) is 13.0. The van der Waals surface area contributed by atoms with Crippen LogP contribution in [0.2, 0.25) is 0 Å². The van der Waals surface area contributed by atoms with Crippen molar-refractivity contribution in [1.29, 1.82) is 0 Å². The number of hydrogen-bond acceptors (Lipinski definition) is 16. The number of carbonyl (C=O) groups excluding carboxylic acids is 9. The van der Waals surface area contributed by atoms with Crippen LogP contribution in [0.1, 0.15) is 57.8 Å². The first kappa shape index (κ1) is 56.9. The van der Waals surface area contributed by atoms with E-state index in [2.05, 4.69) is 42.5 Å². The number of thioether (sulfide) groups is 2. The highest BCUT2D eigenvalue weighted by molar-refractivity contribution is 8.00. The molecule has 11 N–H and O–H groups in total. The van der Waals surface area contributed by atoms with Crippen molar-refractivity contribution in [2.24, 2.45) is 5.73 Å². The monoisotopic (exact) mass is 990 g/mol. The van der Waals surface area contributed by atoms with Crippen LogP contribution in [0, 0.1) is 0 Å². The minimum absolute atomic E-state index is 0.0266. The molecule has 0 aliphatic carbocycles. The second kappa shape index (κ2) is 32.3. The molecular formula is C41H70N10O14S2. The number of likely N-dealkylation sites (tertiary alicyclic amines) is 1. The lowest BCUT2D eigenvalue weighted by atomic mass is 10.0. The molecule has 0 spiro atoms. The first-order chi connectivity index (χ1) is 32.3. The van der Waals surface area contributed by atoms with Crippen molar-refractivity contribution in [3.8, 4) is 0 Å². The van der Waals surface area contributed by atoms with E-state index in [1.54, 1.807) is 6.26 Å². The molecular weight excluding hydrogens is 921 g/mol. The highest BCUT2D eigenvalue weighted by Crippen LogP contribution is 2.33. The van der Waals surface area contributed by atoms with Crippen LogP contribution in [0.4, 0.5) is 4.79 Å². The van der Waals surface area contributed by atoms with E-state index in [4.69, 9.17) is 24.7 Å². The molecule has 24 nitrogen and oxygen atoms in total. The van der Waals surface area contributed by atoms with Gasteiger partial charge in [0.05, 0.1) is 58.3 Å². The van der Waals surface area contributed by atoms with E-state index in [0.29, 0.717) is 43.4 Å². The predicted molar refractivity (Wildman–Crippen MR) is 246 cm³/mol. The molecule has 0 bridgehead atoms. The Morgan fingerprint density at radius 1 is 0.806 bits per heavy atom. The van der Waals surface area contributed by atoms with Gasteiger partial charge in [-0.3, -0.25) is 38.4 Å². The van der Waals surface area contributed by atoms with Gasteiger partial charge in [-0.15, -0.1) is 0 Å². The molecule has 3 rings (SSSR count). The molecule has 10 amide bonds. The van der Waals surface area contributed by atoms with E-state index in [-0.39, 0.29) is 108 Å². The van der Waals surface area contributed by atoms with Crippen LogP contribution in [0.25, 0.3) is 0 Å². The molecule has 26 heteroatoms. The molecule has 380 valence electrons. The summed E-state index contributed by atoms with van der Waals surface area (Å²) in [7, 11) is 1.44. The summed E-state index contributed by atoms with van der Waals surface area (Å²) in [5, 5.41) is 31.8. The van der Waals surface area contributed by atoms with E-state index >= 15 is 0 Å². The molecule has 0 aromatic heterocycles. The van der Waals surface area contributed by atoms with Gasteiger partial charge in [0.25, 0.3) is 0 Å². The number of hydrogen-bond donors (Lipinski definition) is 10. The zero-order valence-electron chi connectivity index (χ0n) is 38.4. The predicted octanol–water partition coefficient (Wildman–Crippen LogP) is -3.79. The molecule has 3 heterocycles. The van der Waals surface area contributed by atoms with E-state index in [9.17, 15) is 48.3 Å². The van der Waals surface area contributed by atoms with Crippen molar-refractivity contribution in [2.75, 3.05) is 104 Å². The van der Waals surface area contributed by atoms with Gasteiger partial charge < -0.3 is 77.2 Å². The summed E-state index contributed by atoms with van der Waals surface area (Å²) in [5.41, 5.74) is 5.31. The molecule has 7 atom stereocenters. The number of ether oxygens (including phenoxy) is 4. The number of nitrogens with zero attached hydrogens (tertiary/aromatic N) is 1. The van der Waals surface area contributed by atoms with Gasteiger partial charge in [-0.1, -0.05) is 6.42 Å². The Kier molecular flexibility index (Phi) is 27.4. The van der Waals surface area contributed by atoms with Gasteiger partial charge in [0.2, 0.25) is 47.3 Å². The number of aliphatic hydroxyl groups is 1. The van der Waals surface area contributed by atoms with Crippen LogP contribution in [-0.4, -0.2) is 209 Å². The number of primary amides is 1. The van der Waals surface area contributed by atoms with Crippen molar-refractivity contribution in [1.82, 2.24) is 47.4 Å². The lowest BCUT2D eigenvalue weighted by molar-refractivity contribution is -0.142. The number of aliphatic hydroxyl groups excluding tert-OH is 1. The van der Waals surface area contributed by atoms with Crippen LogP contribution >= 0.6 is 23.5 Å². The minimum Gasteiger partial charge on any atom is -0.394 e. The zero-order valence-corrected chi connectivity index (χ0v) is 40.0. The molecule has 0 unspecified atom stereocenters. The largest absolute Gasteiger partial charge is 0.394 e. The number of nitrogens with two attached hydrogens (primary N) is 1. The van der Waals surface area contributed by atoms with Crippen LogP contribution in [0.5, 0.6) is 0 Å². The number of rotatable bonds is 35. The molecule has 3 fully saturated rings. The lowest BCUT2D eigenvalue weighted by Gasteiger charge is -2.29. The Bertz CT molecular complexity index is 1640. The van der Waals surface area contributed by atoms with Crippen molar-refractivity contribution < 1.29 is 67.2 Å². The summed E-state index contributed by atoms with van der Waals surface area (Å²) in [6.45, 7) is 0.471. The number of nitrogens with one attached hydrogen (secondary N) is 8. The number of likely N-dealkylation sites (N-methyl/N-ethyl adjacent to an activating group) is 1. The Hall–Kier alpha value is -4.47. The first-order valence-electron chi connectivity index (χ1n) is 22.6. The number of urea groups is 1. The SMILES string of the molecule is CNC(=O)[C@@H]1CCCN1C(=O)[C@H](CO)NC(=O)[C@H](CCC(N)=O)NC(=O)[C@H](CCSC)NC(=O)COCCOCCNC(=O)COCCOCCNC(=O)CCCC[C@@H]1SC[C@@H]2NC(=O)N[C@@H]21. The number of amides is 10. The molecule has 0 saturated carbocycles. The maximum atomic E-state index is 13.4. The Balaban J connectivity index is 1.22. The van der Waals surface area contributed by atoms with Gasteiger partial charge in [0, 0.05) is 50.5 Å². The summed E-state index contributed by atoms with van der Waals surface area (Å²) in [6, 6.07) is -4.40.